The molecule has 0 aliphatic carbocycles. The highest BCUT2D eigenvalue weighted by molar-refractivity contribution is 7.91. The minimum absolute atomic E-state index is 0.105. The van der Waals surface area contributed by atoms with Crippen molar-refractivity contribution in [3.8, 4) is 0 Å². The van der Waals surface area contributed by atoms with Crippen LogP contribution in [0.15, 0.2) is 46.9 Å². The van der Waals surface area contributed by atoms with Crippen LogP contribution in [0.5, 0.6) is 0 Å². The largest absolute Gasteiger partial charge is 0.371 e. The highest BCUT2D eigenvalue weighted by Gasteiger charge is 2.33. The van der Waals surface area contributed by atoms with E-state index in [-0.39, 0.29) is 23.0 Å². The molecule has 2 aliphatic rings. The number of carbonyl (C=O) groups is 1. The summed E-state index contributed by atoms with van der Waals surface area (Å²) in [6.45, 7) is 1.51. The van der Waals surface area contributed by atoms with E-state index in [9.17, 15) is 13.2 Å². The van der Waals surface area contributed by atoms with Crippen LogP contribution in [0.3, 0.4) is 0 Å². The fourth-order valence-corrected chi connectivity index (χ4v) is 5.82. The molecule has 0 radical (unpaired) electrons. The second-order valence-corrected chi connectivity index (χ2v) is 10.6. The van der Waals surface area contributed by atoms with Gasteiger partial charge in [-0.2, -0.15) is 0 Å². The van der Waals surface area contributed by atoms with Gasteiger partial charge in [-0.25, -0.2) is 8.42 Å². The monoisotopic (exact) mass is 484 g/mol. The van der Waals surface area contributed by atoms with Crippen LogP contribution in [-0.4, -0.2) is 38.1 Å². The summed E-state index contributed by atoms with van der Waals surface area (Å²) in [6, 6.07) is 9.56. The van der Waals surface area contributed by atoms with Crippen LogP contribution in [0, 0.1) is 0 Å². The SMILES string of the molecule is O=C(Nc1ccc(Cl)c(Cl)c1)C1=C(N2CCCC2)c2cc(Cl)ccc2S(=O)(=O)CC1. The van der Waals surface area contributed by atoms with E-state index in [1.54, 1.807) is 30.3 Å². The number of anilines is 1. The van der Waals surface area contributed by atoms with E-state index >= 15 is 0 Å². The molecule has 1 saturated heterocycles. The Morgan fingerprint density at radius 3 is 2.40 bits per heavy atom. The first-order valence-corrected chi connectivity index (χ1v) is 12.3. The standard InChI is InChI=1S/C21H19Cl3N2O3S/c22-13-3-6-19-16(11-13)20(26-8-1-2-9-26)15(7-10-30(19,28)29)21(27)25-14-4-5-17(23)18(24)12-14/h3-6,11-12H,1-2,7-10H2,(H,25,27). The minimum atomic E-state index is -3.55. The van der Waals surface area contributed by atoms with Crippen LogP contribution in [0.2, 0.25) is 15.1 Å². The molecule has 0 unspecified atom stereocenters. The van der Waals surface area contributed by atoms with Crippen LogP contribution in [0.1, 0.15) is 24.8 Å². The van der Waals surface area contributed by atoms with E-state index in [2.05, 4.69) is 10.2 Å². The lowest BCUT2D eigenvalue weighted by Gasteiger charge is -2.25. The Morgan fingerprint density at radius 1 is 0.967 bits per heavy atom. The lowest BCUT2D eigenvalue weighted by molar-refractivity contribution is -0.112. The molecule has 30 heavy (non-hydrogen) atoms. The zero-order valence-electron chi connectivity index (χ0n) is 15.9. The quantitative estimate of drug-likeness (QED) is 0.643. The Bertz CT molecular complexity index is 1160. The number of nitrogens with one attached hydrogen (secondary N) is 1. The average Bonchev–Trinajstić information content (AvgIpc) is 3.18. The third-order valence-electron chi connectivity index (χ3n) is 5.31. The number of carbonyl (C=O) groups excluding carboxylic acids is 1. The van der Waals surface area contributed by atoms with Gasteiger partial charge in [0.15, 0.2) is 9.84 Å². The van der Waals surface area contributed by atoms with E-state index in [1.807, 2.05) is 0 Å². The molecule has 2 heterocycles. The van der Waals surface area contributed by atoms with Gasteiger partial charge in [-0.1, -0.05) is 34.8 Å². The number of sulfone groups is 1. The van der Waals surface area contributed by atoms with Gasteiger partial charge in [-0.05, 0) is 55.7 Å². The molecular formula is C21H19Cl3N2O3S. The summed E-state index contributed by atoms with van der Waals surface area (Å²) in [4.78, 5) is 15.6. The predicted octanol–water partition coefficient (Wildman–Crippen LogP) is 5.27. The Labute approximate surface area is 190 Å². The highest BCUT2D eigenvalue weighted by Crippen LogP contribution is 2.38. The van der Waals surface area contributed by atoms with Gasteiger partial charge in [0.25, 0.3) is 5.91 Å². The molecule has 0 aromatic heterocycles. The van der Waals surface area contributed by atoms with E-state index in [1.165, 1.54) is 6.07 Å². The molecule has 1 N–H and O–H groups in total. The summed E-state index contributed by atoms with van der Waals surface area (Å²) < 4.78 is 25.8. The van der Waals surface area contributed by atoms with Gasteiger partial charge in [0, 0.05) is 34.9 Å². The minimum Gasteiger partial charge on any atom is -0.371 e. The highest BCUT2D eigenvalue weighted by atomic mass is 35.5. The van der Waals surface area contributed by atoms with Crippen LogP contribution < -0.4 is 5.32 Å². The third kappa shape index (κ3) is 4.19. The number of fused-ring (bicyclic) bond motifs is 1. The maximum absolute atomic E-state index is 13.3. The molecule has 158 valence electrons. The first-order valence-electron chi connectivity index (χ1n) is 9.53. The van der Waals surface area contributed by atoms with Gasteiger partial charge in [0.05, 0.1) is 26.4 Å². The number of benzene rings is 2. The number of likely N-dealkylation sites (tertiary alicyclic amines) is 1. The van der Waals surface area contributed by atoms with Gasteiger partial charge in [0.1, 0.15) is 0 Å². The fraction of sp³-hybridized carbons (Fsp3) is 0.286. The van der Waals surface area contributed by atoms with Gasteiger partial charge >= 0.3 is 0 Å². The maximum atomic E-state index is 13.3. The number of nitrogens with zero attached hydrogens (tertiary/aromatic N) is 1. The molecule has 9 heteroatoms. The molecule has 0 bridgehead atoms. The first kappa shape index (κ1) is 21.5. The van der Waals surface area contributed by atoms with Crippen LogP contribution in [0.4, 0.5) is 5.69 Å². The summed E-state index contributed by atoms with van der Waals surface area (Å²) in [7, 11) is -3.55. The van der Waals surface area contributed by atoms with Crippen molar-refractivity contribution >= 4 is 61.9 Å². The van der Waals surface area contributed by atoms with Gasteiger partial charge in [-0.15, -0.1) is 0 Å². The van der Waals surface area contributed by atoms with Gasteiger partial charge in [-0.3, -0.25) is 4.79 Å². The van der Waals surface area contributed by atoms with Crippen LogP contribution >= 0.6 is 34.8 Å². The number of hydrogen-bond donors (Lipinski definition) is 1. The number of hydrogen-bond acceptors (Lipinski definition) is 4. The summed E-state index contributed by atoms with van der Waals surface area (Å²) >= 11 is 18.2. The topological polar surface area (TPSA) is 66.5 Å². The zero-order chi connectivity index (χ0) is 21.5. The van der Waals surface area contributed by atoms with Crippen LogP contribution in [-0.2, 0) is 14.6 Å². The van der Waals surface area contributed by atoms with Crippen molar-refractivity contribution in [1.29, 1.82) is 0 Å². The van der Waals surface area contributed by atoms with Crippen molar-refractivity contribution in [3.63, 3.8) is 0 Å². The third-order valence-corrected chi connectivity index (χ3v) is 8.05. The number of rotatable bonds is 3. The zero-order valence-corrected chi connectivity index (χ0v) is 19.0. The Morgan fingerprint density at radius 2 is 1.70 bits per heavy atom. The normalized spacial score (nSPS) is 18.2. The Kier molecular flexibility index (Phi) is 6.04. The summed E-state index contributed by atoms with van der Waals surface area (Å²) in [5.74, 6) is -0.512. The summed E-state index contributed by atoms with van der Waals surface area (Å²) in [5, 5.41) is 3.97. The van der Waals surface area contributed by atoms with E-state index in [0.29, 0.717) is 37.6 Å². The van der Waals surface area contributed by atoms with Gasteiger partial charge < -0.3 is 10.2 Å². The molecular weight excluding hydrogens is 467 g/mol. The second kappa shape index (κ2) is 8.42. The van der Waals surface area contributed by atoms with Crippen molar-refractivity contribution < 1.29 is 13.2 Å². The smallest absolute Gasteiger partial charge is 0.253 e. The lowest BCUT2D eigenvalue weighted by atomic mass is 10.0. The van der Waals surface area contributed by atoms with Crippen molar-refractivity contribution in [2.75, 3.05) is 24.2 Å². The van der Waals surface area contributed by atoms with E-state index in [4.69, 9.17) is 34.8 Å². The molecule has 0 saturated carbocycles. The van der Waals surface area contributed by atoms with Crippen molar-refractivity contribution in [1.82, 2.24) is 4.90 Å². The molecule has 0 atom stereocenters. The Hall–Kier alpha value is -1.73. The second-order valence-electron chi connectivity index (χ2n) is 7.31. The number of amides is 1. The molecule has 2 aromatic rings. The lowest BCUT2D eigenvalue weighted by Crippen LogP contribution is -2.24. The Balaban J connectivity index is 1.84. The van der Waals surface area contributed by atoms with Gasteiger partial charge in [0.2, 0.25) is 0 Å². The number of halogens is 3. The predicted molar refractivity (Wildman–Crippen MR) is 121 cm³/mol. The molecule has 1 fully saturated rings. The maximum Gasteiger partial charge on any atom is 0.253 e. The van der Waals surface area contributed by atoms with E-state index < -0.39 is 9.84 Å². The van der Waals surface area contributed by atoms with Crippen LogP contribution in [0.25, 0.3) is 5.70 Å². The first-order chi connectivity index (χ1) is 14.3. The fourth-order valence-electron chi connectivity index (χ4n) is 3.89. The molecule has 5 nitrogen and oxygen atoms in total. The molecule has 1 amide bonds. The molecule has 0 spiro atoms. The molecule has 2 aromatic carbocycles. The van der Waals surface area contributed by atoms with E-state index in [0.717, 1.165) is 25.9 Å². The van der Waals surface area contributed by atoms with Crippen molar-refractivity contribution in [2.45, 2.75) is 24.2 Å². The van der Waals surface area contributed by atoms with Crippen molar-refractivity contribution in [2.24, 2.45) is 0 Å². The molecule has 4 rings (SSSR count). The summed E-state index contributed by atoms with van der Waals surface area (Å²) in [5.41, 5.74) is 2.04. The molecule has 2 aliphatic heterocycles. The summed E-state index contributed by atoms with van der Waals surface area (Å²) in [6.07, 6.45) is 2.06. The van der Waals surface area contributed by atoms with Crippen molar-refractivity contribution in [3.05, 3.63) is 62.6 Å². The average molecular weight is 486 g/mol.